The van der Waals surface area contributed by atoms with Crippen molar-refractivity contribution in [1.29, 1.82) is 0 Å². The molecule has 0 atom stereocenters. The van der Waals surface area contributed by atoms with Crippen LogP contribution in [-0.2, 0) is 19.8 Å². The van der Waals surface area contributed by atoms with Gasteiger partial charge in [-0.1, -0.05) is 24.3 Å². The summed E-state index contributed by atoms with van der Waals surface area (Å²) >= 11 is 0. The largest absolute Gasteiger partial charge is 0.334 e. The fraction of sp³-hybridized carbons (Fsp3) is 0.333. The Morgan fingerprint density at radius 3 is 2.54 bits per heavy atom. The molecule has 0 saturated heterocycles. The topological polar surface area (TPSA) is 35.5 Å². The number of rotatable bonds is 4. The SMILES string of the molecule is COP(=O)(Cc1[c]cccc1)OC. The summed E-state index contributed by atoms with van der Waals surface area (Å²) in [5, 5.41) is 0. The molecule has 0 N–H and O–H groups in total. The quantitative estimate of drug-likeness (QED) is 0.699. The lowest BCUT2D eigenvalue weighted by Gasteiger charge is -2.12. The van der Waals surface area contributed by atoms with Gasteiger partial charge in [0.2, 0.25) is 0 Å². The summed E-state index contributed by atoms with van der Waals surface area (Å²) in [6.45, 7) is 0. The van der Waals surface area contributed by atoms with Gasteiger partial charge in [0.25, 0.3) is 0 Å². The second kappa shape index (κ2) is 4.56. The molecule has 0 fully saturated rings. The van der Waals surface area contributed by atoms with Crippen molar-refractivity contribution in [2.75, 3.05) is 14.2 Å². The highest BCUT2D eigenvalue weighted by Gasteiger charge is 2.21. The monoisotopic (exact) mass is 199 g/mol. The van der Waals surface area contributed by atoms with Crippen molar-refractivity contribution in [3.63, 3.8) is 0 Å². The van der Waals surface area contributed by atoms with Crippen LogP contribution >= 0.6 is 7.60 Å². The van der Waals surface area contributed by atoms with Crippen LogP contribution in [0.3, 0.4) is 0 Å². The van der Waals surface area contributed by atoms with E-state index < -0.39 is 7.60 Å². The summed E-state index contributed by atoms with van der Waals surface area (Å²) in [7, 11) is -0.170. The fourth-order valence-corrected chi connectivity index (χ4v) is 1.96. The molecule has 1 rings (SSSR count). The fourth-order valence-electron chi connectivity index (χ4n) is 0.941. The highest BCUT2D eigenvalue weighted by atomic mass is 31.2. The molecule has 0 heterocycles. The van der Waals surface area contributed by atoms with Crippen LogP contribution in [0.4, 0.5) is 0 Å². The minimum atomic E-state index is -2.93. The average molecular weight is 199 g/mol. The van der Waals surface area contributed by atoms with Crippen LogP contribution in [0.25, 0.3) is 0 Å². The van der Waals surface area contributed by atoms with Crippen LogP contribution in [0.2, 0.25) is 0 Å². The van der Waals surface area contributed by atoms with Gasteiger partial charge < -0.3 is 9.05 Å². The Kier molecular flexibility index (Phi) is 3.67. The first-order valence-electron chi connectivity index (χ1n) is 3.86. The third-order valence-corrected chi connectivity index (χ3v) is 3.53. The second-order valence-electron chi connectivity index (χ2n) is 2.52. The van der Waals surface area contributed by atoms with Crippen LogP contribution in [0, 0.1) is 6.07 Å². The standard InChI is InChI=1S/C9H12O3P/c1-11-13(10,12-2)8-9-6-4-3-5-7-9/h3-6H,8H2,1-2H3. The van der Waals surface area contributed by atoms with Crippen molar-refractivity contribution in [2.45, 2.75) is 6.16 Å². The zero-order valence-electron chi connectivity index (χ0n) is 7.69. The Bertz CT molecular complexity index is 289. The predicted octanol–water partition coefficient (Wildman–Crippen LogP) is 2.47. The van der Waals surface area contributed by atoms with E-state index in [1.54, 1.807) is 6.07 Å². The van der Waals surface area contributed by atoms with Gasteiger partial charge in [0.1, 0.15) is 0 Å². The van der Waals surface area contributed by atoms with Gasteiger partial charge in [-0.05, 0) is 11.6 Å². The molecule has 3 nitrogen and oxygen atoms in total. The normalized spacial score (nSPS) is 11.5. The smallest absolute Gasteiger partial charge is 0.312 e. The number of hydrogen-bond acceptors (Lipinski definition) is 3. The van der Waals surface area contributed by atoms with Crippen molar-refractivity contribution in [3.8, 4) is 0 Å². The Balaban J connectivity index is 2.74. The van der Waals surface area contributed by atoms with Gasteiger partial charge in [0, 0.05) is 14.2 Å². The second-order valence-corrected chi connectivity index (χ2v) is 4.79. The van der Waals surface area contributed by atoms with E-state index in [2.05, 4.69) is 6.07 Å². The molecule has 4 heteroatoms. The molecule has 0 unspecified atom stereocenters. The summed E-state index contributed by atoms with van der Waals surface area (Å²) in [4.78, 5) is 0. The molecule has 0 aliphatic heterocycles. The molecule has 71 valence electrons. The maximum atomic E-state index is 11.7. The van der Waals surface area contributed by atoms with Gasteiger partial charge in [-0.2, -0.15) is 0 Å². The lowest BCUT2D eigenvalue weighted by molar-refractivity contribution is 0.275. The molecule has 1 aromatic carbocycles. The molecule has 0 aliphatic carbocycles. The van der Waals surface area contributed by atoms with Crippen molar-refractivity contribution >= 4 is 7.60 Å². The van der Waals surface area contributed by atoms with Gasteiger partial charge >= 0.3 is 7.60 Å². The van der Waals surface area contributed by atoms with Crippen molar-refractivity contribution in [3.05, 3.63) is 35.9 Å². The van der Waals surface area contributed by atoms with Crippen LogP contribution in [0.5, 0.6) is 0 Å². The van der Waals surface area contributed by atoms with Crippen LogP contribution in [0.15, 0.2) is 24.3 Å². The van der Waals surface area contributed by atoms with E-state index in [9.17, 15) is 4.57 Å². The summed E-state index contributed by atoms with van der Waals surface area (Å²) < 4.78 is 21.3. The molecule has 0 aromatic heterocycles. The lowest BCUT2D eigenvalue weighted by atomic mass is 10.2. The first kappa shape index (κ1) is 10.5. The summed E-state index contributed by atoms with van der Waals surface area (Å²) in [5.41, 5.74) is 0.828. The van der Waals surface area contributed by atoms with Gasteiger partial charge in [-0.3, -0.25) is 4.57 Å². The van der Waals surface area contributed by atoms with E-state index in [0.717, 1.165) is 5.56 Å². The molecule has 1 radical (unpaired) electrons. The van der Waals surface area contributed by atoms with Gasteiger partial charge in [-0.25, -0.2) is 0 Å². The maximum Gasteiger partial charge on any atom is 0.334 e. The first-order valence-corrected chi connectivity index (χ1v) is 5.59. The molecular formula is C9H12O3P. The van der Waals surface area contributed by atoms with Crippen molar-refractivity contribution in [2.24, 2.45) is 0 Å². The number of benzene rings is 1. The van der Waals surface area contributed by atoms with E-state index in [4.69, 9.17) is 9.05 Å². The molecule has 0 bridgehead atoms. The molecule has 1 aromatic rings. The number of hydrogen-bond donors (Lipinski definition) is 0. The van der Waals surface area contributed by atoms with Crippen molar-refractivity contribution in [1.82, 2.24) is 0 Å². The maximum absolute atomic E-state index is 11.7. The summed E-state index contributed by atoms with van der Waals surface area (Å²) in [5.74, 6) is 0. The van der Waals surface area contributed by atoms with Gasteiger partial charge in [0.05, 0.1) is 6.16 Å². The Labute approximate surface area is 78.2 Å². The average Bonchev–Trinajstić information content (AvgIpc) is 2.19. The summed E-state index contributed by atoms with van der Waals surface area (Å²) in [6, 6.07) is 10.3. The lowest BCUT2D eigenvalue weighted by Crippen LogP contribution is -1.93. The first-order chi connectivity index (χ1) is 6.20. The molecule has 0 saturated carbocycles. The third-order valence-electron chi connectivity index (χ3n) is 1.69. The van der Waals surface area contributed by atoms with E-state index >= 15 is 0 Å². The molecule has 0 aliphatic rings. The molecule has 13 heavy (non-hydrogen) atoms. The minimum absolute atomic E-state index is 0.265. The third kappa shape index (κ3) is 2.96. The summed E-state index contributed by atoms with van der Waals surface area (Å²) in [6.07, 6.45) is 0.265. The Hall–Kier alpha value is -0.630. The minimum Gasteiger partial charge on any atom is -0.312 e. The van der Waals surface area contributed by atoms with E-state index in [1.165, 1.54) is 14.2 Å². The van der Waals surface area contributed by atoms with E-state index in [-0.39, 0.29) is 6.16 Å². The van der Waals surface area contributed by atoms with Gasteiger partial charge in [-0.15, -0.1) is 0 Å². The molecule has 0 spiro atoms. The Morgan fingerprint density at radius 2 is 2.08 bits per heavy atom. The van der Waals surface area contributed by atoms with Gasteiger partial charge in [0.15, 0.2) is 0 Å². The van der Waals surface area contributed by atoms with Crippen LogP contribution < -0.4 is 0 Å². The Morgan fingerprint density at radius 1 is 1.38 bits per heavy atom. The molecular weight excluding hydrogens is 187 g/mol. The molecule has 0 amide bonds. The highest BCUT2D eigenvalue weighted by molar-refractivity contribution is 7.52. The predicted molar refractivity (Wildman–Crippen MR) is 50.6 cm³/mol. The highest BCUT2D eigenvalue weighted by Crippen LogP contribution is 2.49. The van der Waals surface area contributed by atoms with E-state index in [1.807, 2.05) is 18.2 Å². The zero-order chi connectivity index (χ0) is 9.73. The van der Waals surface area contributed by atoms with E-state index in [0.29, 0.717) is 0 Å². The zero-order valence-corrected chi connectivity index (χ0v) is 8.58. The van der Waals surface area contributed by atoms with Crippen LogP contribution in [0.1, 0.15) is 5.56 Å². The van der Waals surface area contributed by atoms with Crippen molar-refractivity contribution < 1.29 is 13.6 Å². The van der Waals surface area contributed by atoms with Crippen LogP contribution in [-0.4, -0.2) is 14.2 Å².